The molecule has 24 heavy (non-hydrogen) atoms. The second-order valence-corrected chi connectivity index (χ2v) is 5.78. The van der Waals surface area contributed by atoms with E-state index in [4.69, 9.17) is 4.74 Å². The quantitative estimate of drug-likeness (QED) is 0.801. The minimum absolute atomic E-state index is 0.122. The van der Waals surface area contributed by atoms with Gasteiger partial charge >= 0.3 is 0 Å². The molecule has 1 aromatic carbocycles. The number of benzene rings is 1. The van der Waals surface area contributed by atoms with Gasteiger partial charge in [-0.3, -0.25) is 9.48 Å². The highest BCUT2D eigenvalue weighted by molar-refractivity contribution is 6.05. The van der Waals surface area contributed by atoms with Crippen molar-refractivity contribution >= 4 is 16.9 Å². The SMILES string of the molecule is COc1ccc([C@@H](C)NC(=O)c2cc(C)nc3c2cnn3C)cc1. The summed E-state index contributed by atoms with van der Waals surface area (Å²) < 4.78 is 6.83. The zero-order valence-corrected chi connectivity index (χ0v) is 14.2. The molecule has 0 spiro atoms. The van der Waals surface area contributed by atoms with Crippen molar-refractivity contribution in [2.45, 2.75) is 19.9 Å². The Bertz CT molecular complexity index is 884. The van der Waals surface area contributed by atoms with Crippen molar-refractivity contribution in [1.29, 1.82) is 0 Å². The normalized spacial score (nSPS) is 12.2. The summed E-state index contributed by atoms with van der Waals surface area (Å²) >= 11 is 0. The fourth-order valence-electron chi connectivity index (χ4n) is 2.68. The van der Waals surface area contributed by atoms with E-state index < -0.39 is 0 Å². The highest BCUT2D eigenvalue weighted by Crippen LogP contribution is 2.21. The molecule has 2 heterocycles. The van der Waals surface area contributed by atoms with Crippen LogP contribution in [0.1, 0.15) is 34.6 Å². The van der Waals surface area contributed by atoms with Gasteiger partial charge in [-0.05, 0) is 37.6 Å². The van der Waals surface area contributed by atoms with Crippen LogP contribution in [0.4, 0.5) is 0 Å². The molecule has 1 amide bonds. The van der Waals surface area contributed by atoms with Gasteiger partial charge in [0.15, 0.2) is 5.65 Å². The Morgan fingerprint density at radius 1 is 1.29 bits per heavy atom. The summed E-state index contributed by atoms with van der Waals surface area (Å²) in [6.07, 6.45) is 1.68. The summed E-state index contributed by atoms with van der Waals surface area (Å²) in [7, 11) is 3.45. The number of aryl methyl sites for hydroxylation is 2. The molecule has 0 radical (unpaired) electrons. The van der Waals surface area contributed by atoms with Crippen molar-refractivity contribution in [3.05, 3.63) is 53.3 Å². The van der Waals surface area contributed by atoms with E-state index in [9.17, 15) is 4.79 Å². The number of amides is 1. The Morgan fingerprint density at radius 2 is 2.00 bits per heavy atom. The average molecular weight is 324 g/mol. The predicted molar refractivity (Wildman–Crippen MR) is 92.1 cm³/mol. The monoisotopic (exact) mass is 324 g/mol. The van der Waals surface area contributed by atoms with Crippen LogP contribution in [0.5, 0.6) is 5.75 Å². The van der Waals surface area contributed by atoms with Gasteiger partial charge in [0, 0.05) is 12.7 Å². The Hall–Kier alpha value is -2.89. The number of carbonyl (C=O) groups excluding carboxylic acids is 1. The molecule has 3 rings (SSSR count). The molecule has 0 unspecified atom stereocenters. The van der Waals surface area contributed by atoms with Crippen LogP contribution < -0.4 is 10.1 Å². The number of aromatic nitrogens is 3. The number of ether oxygens (including phenoxy) is 1. The second kappa shape index (κ2) is 6.31. The largest absolute Gasteiger partial charge is 0.497 e. The molecule has 0 saturated heterocycles. The summed E-state index contributed by atoms with van der Waals surface area (Å²) in [5.41, 5.74) is 3.09. The van der Waals surface area contributed by atoms with E-state index >= 15 is 0 Å². The van der Waals surface area contributed by atoms with E-state index in [0.717, 1.165) is 22.4 Å². The first kappa shape index (κ1) is 16.0. The molecule has 0 fully saturated rings. The minimum atomic E-state index is -0.137. The molecule has 0 aliphatic rings. The van der Waals surface area contributed by atoms with E-state index in [1.807, 2.05) is 45.2 Å². The van der Waals surface area contributed by atoms with Gasteiger partial charge in [-0.15, -0.1) is 0 Å². The first-order chi connectivity index (χ1) is 11.5. The first-order valence-electron chi connectivity index (χ1n) is 7.73. The fourth-order valence-corrected chi connectivity index (χ4v) is 2.68. The lowest BCUT2D eigenvalue weighted by Crippen LogP contribution is -2.27. The van der Waals surface area contributed by atoms with Gasteiger partial charge in [0.05, 0.1) is 30.3 Å². The summed E-state index contributed by atoms with van der Waals surface area (Å²) in [6.45, 7) is 3.82. The number of rotatable bonds is 4. The van der Waals surface area contributed by atoms with Crippen LogP contribution in [-0.4, -0.2) is 27.8 Å². The Kier molecular flexibility index (Phi) is 4.20. The molecule has 0 saturated carbocycles. The average Bonchev–Trinajstić information content (AvgIpc) is 2.95. The van der Waals surface area contributed by atoms with E-state index in [0.29, 0.717) is 11.2 Å². The van der Waals surface area contributed by atoms with Gasteiger partial charge in [-0.25, -0.2) is 4.98 Å². The third-order valence-electron chi connectivity index (χ3n) is 4.04. The first-order valence-corrected chi connectivity index (χ1v) is 7.73. The fraction of sp³-hybridized carbons (Fsp3) is 0.278. The summed E-state index contributed by atoms with van der Waals surface area (Å²) in [6, 6.07) is 9.33. The molecule has 6 heteroatoms. The van der Waals surface area contributed by atoms with Crippen molar-refractivity contribution in [2.24, 2.45) is 7.05 Å². The molecular weight excluding hydrogens is 304 g/mol. The molecule has 0 aliphatic heterocycles. The van der Waals surface area contributed by atoms with Gasteiger partial charge in [-0.1, -0.05) is 12.1 Å². The van der Waals surface area contributed by atoms with Crippen molar-refractivity contribution < 1.29 is 9.53 Å². The molecule has 0 bridgehead atoms. The standard InChI is InChI=1S/C18H20N4O2/c1-11-9-15(16-10-19-22(3)17(16)20-11)18(23)21-12(2)13-5-7-14(24-4)8-6-13/h5-10,12H,1-4H3,(H,21,23)/t12-/m1/s1. The van der Waals surface area contributed by atoms with Gasteiger partial charge < -0.3 is 10.1 Å². The number of carbonyl (C=O) groups is 1. The molecule has 1 N–H and O–H groups in total. The van der Waals surface area contributed by atoms with Crippen LogP contribution in [0.2, 0.25) is 0 Å². The number of hydrogen-bond donors (Lipinski definition) is 1. The molecule has 0 aliphatic carbocycles. The van der Waals surface area contributed by atoms with E-state index in [-0.39, 0.29) is 11.9 Å². The highest BCUT2D eigenvalue weighted by atomic mass is 16.5. The lowest BCUT2D eigenvalue weighted by molar-refractivity contribution is 0.0941. The van der Waals surface area contributed by atoms with Crippen LogP contribution >= 0.6 is 0 Å². The second-order valence-electron chi connectivity index (χ2n) is 5.78. The Morgan fingerprint density at radius 3 is 2.67 bits per heavy atom. The summed E-state index contributed by atoms with van der Waals surface area (Å²) in [4.78, 5) is 17.2. The van der Waals surface area contributed by atoms with E-state index in [2.05, 4.69) is 15.4 Å². The molecule has 1 atom stereocenters. The van der Waals surface area contributed by atoms with Gasteiger partial charge in [0.1, 0.15) is 5.75 Å². The molecular formula is C18H20N4O2. The number of hydrogen-bond acceptors (Lipinski definition) is 4. The number of pyridine rings is 1. The van der Waals surface area contributed by atoms with Crippen molar-refractivity contribution in [3.63, 3.8) is 0 Å². The number of nitrogens with zero attached hydrogens (tertiary/aromatic N) is 3. The minimum Gasteiger partial charge on any atom is -0.497 e. The van der Waals surface area contributed by atoms with Crippen LogP contribution in [0, 0.1) is 6.92 Å². The van der Waals surface area contributed by atoms with Crippen LogP contribution in [0.15, 0.2) is 36.5 Å². The molecule has 6 nitrogen and oxygen atoms in total. The van der Waals surface area contributed by atoms with Crippen LogP contribution in [-0.2, 0) is 7.05 Å². The number of nitrogens with one attached hydrogen (secondary N) is 1. The lowest BCUT2D eigenvalue weighted by Gasteiger charge is -2.15. The maximum atomic E-state index is 12.7. The maximum absolute atomic E-state index is 12.7. The zero-order chi connectivity index (χ0) is 17.3. The van der Waals surface area contributed by atoms with Crippen LogP contribution in [0.3, 0.4) is 0 Å². The molecule has 124 valence electrons. The third-order valence-corrected chi connectivity index (χ3v) is 4.04. The van der Waals surface area contributed by atoms with Crippen molar-refractivity contribution in [1.82, 2.24) is 20.1 Å². The van der Waals surface area contributed by atoms with Gasteiger partial charge in [0.2, 0.25) is 0 Å². The van der Waals surface area contributed by atoms with Gasteiger partial charge in [-0.2, -0.15) is 5.10 Å². The van der Waals surface area contributed by atoms with E-state index in [1.54, 1.807) is 24.1 Å². The van der Waals surface area contributed by atoms with E-state index in [1.165, 1.54) is 0 Å². The predicted octanol–water partition coefficient (Wildman–Crippen LogP) is 2.78. The van der Waals surface area contributed by atoms with Crippen LogP contribution in [0.25, 0.3) is 11.0 Å². The molecule has 2 aromatic heterocycles. The maximum Gasteiger partial charge on any atom is 0.252 e. The topological polar surface area (TPSA) is 69.0 Å². The Labute approximate surface area is 140 Å². The third kappa shape index (κ3) is 2.95. The number of methoxy groups -OCH3 is 1. The smallest absolute Gasteiger partial charge is 0.252 e. The summed E-state index contributed by atoms with van der Waals surface area (Å²) in [5, 5.41) is 7.98. The van der Waals surface area contributed by atoms with Gasteiger partial charge in [0.25, 0.3) is 5.91 Å². The Balaban J connectivity index is 1.86. The summed E-state index contributed by atoms with van der Waals surface area (Å²) in [5.74, 6) is 0.654. The lowest BCUT2D eigenvalue weighted by atomic mass is 10.1. The van der Waals surface area contributed by atoms with Crippen molar-refractivity contribution in [2.75, 3.05) is 7.11 Å². The molecule has 3 aromatic rings. The van der Waals surface area contributed by atoms with Crippen molar-refractivity contribution in [3.8, 4) is 5.75 Å². The highest BCUT2D eigenvalue weighted by Gasteiger charge is 2.17. The zero-order valence-electron chi connectivity index (χ0n) is 14.2. The number of fused-ring (bicyclic) bond motifs is 1.